The Balaban J connectivity index is 1.66. The number of carbonyl (C=O) groups is 1. The molecule has 4 rings (SSSR count). The predicted molar refractivity (Wildman–Crippen MR) is 120 cm³/mol. The van der Waals surface area contributed by atoms with Gasteiger partial charge in [-0.15, -0.1) is 0 Å². The van der Waals surface area contributed by atoms with E-state index in [9.17, 15) is 4.79 Å². The second kappa shape index (κ2) is 7.73. The van der Waals surface area contributed by atoms with Gasteiger partial charge in [0.15, 0.2) is 0 Å². The van der Waals surface area contributed by atoms with Crippen molar-refractivity contribution in [3.8, 4) is 0 Å². The summed E-state index contributed by atoms with van der Waals surface area (Å²) in [5, 5.41) is 4.06. The van der Waals surface area contributed by atoms with E-state index in [1.165, 1.54) is 5.69 Å². The van der Waals surface area contributed by atoms with Crippen molar-refractivity contribution in [2.75, 3.05) is 43.0 Å². The third-order valence-electron chi connectivity index (χ3n) is 5.60. The van der Waals surface area contributed by atoms with Gasteiger partial charge in [-0.25, -0.2) is 0 Å². The number of amides is 1. The number of anilines is 2. The van der Waals surface area contributed by atoms with E-state index < -0.39 is 5.66 Å². The minimum Gasteiger partial charge on any atom is -0.368 e. The lowest BCUT2D eigenvalue weighted by Crippen LogP contribution is -2.47. The fourth-order valence-corrected chi connectivity index (χ4v) is 4.17. The van der Waals surface area contributed by atoms with Crippen LogP contribution in [0, 0.1) is 0 Å². The van der Waals surface area contributed by atoms with Crippen LogP contribution in [0.1, 0.15) is 19.4 Å². The molecule has 2 aromatic rings. The average Bonchev–Trinajstić information content (AvgIpc) is 2.92. The summed E-state index contributed by atoms with van der Waals surface area (Å²) in [6, 6.07) is 15.7. The van der Waals surface area contributed by atoms with Gasteiger partial charge in [0.25, 0.3) is 5.91 Å². The Kier molecular flexibility index (Phi) is 5.28. The minimum atomic E-state index is -0.528. The van der Waals surface area contributed by atoms with E-state index in [-0.39, 0.29) is 5.91 Å². The van der Waals surface area contributed by atoms with E-state index in [1.807, 2.05) is 50.3 Å². The third kappa shape index (κ3) is 3.98. The number of piperazine rings is 1. The molecule has 0 unspecified atom stereocenters. The van der Waals surface area contributed by atoms with Crippen LogP contribution >= 0.6 is 11.6 Å². The highest BCUT2D eigenvalue weighted by Crippen LogP contribution is 2.33. The molecule has 2 aromatic carbocycles. The van der Waals surface area contributed by atoms with Gasteiger partial charge in [-0.05, 0) is 57.3 Å². The van der Waals surface area contributed by atoms with Crippen molar-refractivity contribution in [1.82, 2.24) is 10.2 Å². The Morgan fingerprint density at radius 2 is 1.66 bits per heavy atom. The van der Waals surface area contributed by atoms with Crippen molar-refractivity contribution < 1.29 is 4.79 Å². The first kappa shape index (κ1) is 19.8. The molecule has 2 fully saturated rings. The summed E-state index contributed by atoms with van der Waals surface area (Å²) >= 11 is 6.02. The zero-order chi connectivity index (χ0) is 20.6. The lowest BCUT2D eigenvalue weighted by molar-refractivity contribution is -0.114. The van der Waals surface area contributed by atoms with Gasteiger partial charge in [-0.2, -0.15) is 0 Å². The number of para-hydroxylation sites is 1. The molecule has 0 saturated carbocycles. The second-order valence-corrected chi connectivity index (χ2v) is 8.64. The predicted octanol–water partition coefficient (Wildman–Crippen LogP) is 3.81. The number of nitrogens with zero attached hydrogens (tertiary/aromatic N) is 3. The molecule has 2 aliphatic rings. The Hall–Kier alpha value is -2.50. The van der Waals surface area contributed by atoms with Crippen molar-refractivity contribution in [3.63, 3.8) is 0 Å². The molecular weight excluding hydrogens is 384 g/mol. The molecule has 1 N–H and O–H groups in total. The Labute approximate surface area is 177 Å². The molecule has 0 radical (unpaired) electrons. The number of nitrogens with one attached hydrogen (secondary N) is 1. The molecule has 6 heteroatoms. The molecule has 0 bridgehead atoms. The zero-order valence-electron chi connectivity index (χ0n) is 17.2. The number of carbonyl (C=O) groups excluding carboxylic acids is 1. The summed E-state index contributed by atoms with van der Waals surface area (Å²) in [7, 11) is 2.15. The Morgan fingerprint density at radius 3 is 2.34 bits per heavy atom. The standard InChI is InChI=1S/C23H27ClN4O/c1-23(2)25-20(22(29)28(23)19-10-8-18(24)9-11-19)16-17-6-4-5-7-21(17)27-14-12-26(3)13-15-27/h4-11,16,25H,12-15H2,1-3H3. The van der Waals surface area contributed by atoms with Gasteiger partial charge < -0.3 is 15.1 Å². The van der Waals surface area contributed by atoms with Crippen molar-refractivity contribution in [3.05, 3.63) is 64.8 Å². The molecular formula is C23H27ClN4O. The van der Waals surface area contributed by atoms with Crippen molar-refractivity contribution in [2.24, 2.45) is 0 Å². The van der Waals surface area contributed by atoms with E-state index >= 15 is 0 Å². The smallest absolute Gasteiger partial charge is 0.276 e. The number of halogens is 1. The lowest BCUT2D eigenvalue weighted by atomic mass is 10.1. The SMILES string of the molecule is CN1CCN(c2ccccc2C=C2NC(C)(C)N(c3ccc(Cl)cc3)C2=O)CC1. The van der Waals surface area contributed by atoms with Crippen LogP contribution in [-0.4, -0.2) is 49.7 Å². The Morgan fingerprint density at radius 1 is 1.00 bits per heavy atom. The largest absolute Gasteiger partial charge is 0.368 e. The highest BCUT2D eigenvalue weighted by atomic mass is 35.5. The van der Waals surface area contributed by atoms with Crippen LogP contribution in [0.4, 0.5) is 11.4 Å². The van der Waals surface area contributed by atoms with Crippen LogP contribution in [0.2, 0.25) is 5.02 Å². The summed E-state index contributed by atoms with van der Waals surface area (Å²) in [5.74, 6) is -0.0366. The molecule has 152 valence electrons. The van der Waals surface area contributed by atoms with Gasteiger partial charge in [-0.1, -0.05) is 29.8 Å². The van der Waals surface area contributed by atoms with Gasteiger partial charge in [0.2, 0.25) is 0 Å². The van der Waals surface area contributed by atoms with E-state index in [0.717, 1.165) is 37.4 Å². The molecule has 0 atom stereocenters. The first-order valence-corrected chi connectivity index (χ1v) is 10.4. The molecule has 29 heavy (non-hydrogen) atoms. The number of hydrogen-bond donors (Lipinski definition) is 1. The fraction of sp³-hybridized carbons (Fsp3) is 0.348. The van der Waals surface area contributed by atoms with Crippen molar-refractivity contribution in [2.45, 2.75) is 19.5 Å². The maximum absolute atomic E-state index is 13.3. The molecule has 1 amide bonds. The number of hydrogen-bond acceptors (Lipinski definition) is 4. The van der Waals surface area contributed by atoms with E-state index in [4.69, 9.17) is 11.6 Å². The van der Waals surface area contributed by atoms with Gasteiger partial charge in [-0.3, -0.25) is 9.69 Å². The van der Waals surface area contributed by atoms with E-state index in [0.29, 0.717) is 10.7 Å². The molecule has 5 nitrogen and oxygen atoms in total. The van der Waals surface area contributed by atoms with Gasteiger partial charge in [0, 0.05) is 48.1 Å². The molecule has 0 aromatic heterocycles. The van der Waals surface area contributed by atoms with Gasteiger partial charge >= 0.3 is 0 Å². The first-order valence-electron chi connectivity index (χ1n) is 9.98. The molecule has 2 heterocycles. The second-order valence-electron chi connectivity index (χ2n) is 8.21. The molecule has 2 saturated heterocycles. The number of likely N-dealkylation sites (N-methyl/N-ethyl adjacent to an activating group) is 1. The summed E-state index contributed by atoms with van der Waals surface area (Å²) in [4.78, 5) is 19.8. The van der Waals surface area contributed by atoms with Crippen LogP contribution in [0.5, 0.6) is 0 Å². The molecule has 2 aliphatic heterocycles. The first-order chi connectivity index (χ1) is 13.8. The van der Waals surface area contributed by atoms with E-state index in [1.54, 1.807) is 4.90 Å². The summed E-state index contributed by atoms with van der Waals surface area (Å²) in [6.45, 7) is 8.07. The fourth-order valence-electron chi connectivity index (χ4n) is 4.04. The maximum atomic E-state index is 13.3. The Bertz CT molecular complexity index is 930. The summed E-state index contributed by atoms with van der Waals surface area (Å²) in [5.41, 5.74) is 3.13. The van der Waals surface area contributed by atoms with Crippen LogP contribution in [0.3, 0.4) is 0 Å². The minimum absolute atomic E-state index is 0.0366. The lowest BCUT2D eigenvalue weighted by Gasteiger charge is -2.35. The van der Waals surface area contributed by atoms with Crippen LogP contribution in [0.15, 0.2) is 54.2 Å². The molecule has 0 spiro atoms. The highest BCUT2D eigenvalue weighted by molar-refractivity contribution is 6.30. The molecule has 0 aliphatic carbocycles. The number of rotatable bonds is 3. The zero-order valence-corrected chi connectivity index (χ0v) is 17.9. The van der Waals surface area contributed by atoms with Crippen LogP contribution in [0.25, 0.3) is 6.08 Å². The maximum Gasteiger partial charge on any atom is 0.276 e. The number of benzene rings is 2. The van der Waals surface area contributed by atoms with Crippen molar-refractivity contribution >= 4 is 35.0 Å². The van der Waals surface area contributed by atoms with Crippen LogP contribution in [-0.2, 0) is 4.79 Å². The summed E-state index contributed by atoms with van der Waals surface area (Å²) < 4.78 is 0. The third-order valence-corrected chi connectivity index (χ3v) is 5.85. The van der Waals surface area contributed by atoms with Crippen LogP contribution < -0.4 is 15.1 Å². The highest BCUT2D eigenvalue weighted by Gasteiger charge is 2.41. The average molecular weight is 411 g/mol. The van der Waals surface area contributed by atoms with E-state index in [2.05, 4.69) is 40.4 Å². The van der Waals surface area contributed by atoms with Crippen molar-refractivity contribution in [1.29, 1.82) is 0 Å². The topological polar surface area (TPSA) is 38.8 Å². The monoisotopic (exact) mass is 410 g/mol. The van der Waals surface area contributed by atoms with Gasteiger partial charge in [0.05, 0.1) is 0 Å². The normalized spacial score (nSPS) is 21.0. The van der Waals surface area contributed by atoms with Gasteiger partial charge in [0.1, 0.15) is 11.4 Å². The summed E-state index contributed by atoms with van der Waals surface area (Å²) in [6.07, 6.45) is 1.98. The quantitative estimate of drug-likeness (QED) is 0.781.